The molecule has 7 fully saturated rings. The largest absolute Gasteiger partial charge is 0.394 e. The van der Waals surface area contributed by atoms with Gasteiger partial charge in [-0.05, 0) is 74.5 Å². The molecule has 4 saturated carbocycles. The number of nitrogens with two attached hydrogens (primary N) is 1. The van der Waals surface area contributed by atoms with Crippen molar-refractivity contribution in [2.45, 2.75) is 227 Å². The van der Waals surface area contributed by atoms with Crippen molar-refractivity contribution >= 4 is 5.91 Å². The van der Waals surface area contributed by atoms with Crippen LogP contribution >= 0.6 is 0 Å². The monoisotopic (exact) mass is 961 g/mol. The van der Waals surface area contributed by atoms with Gasteiger partial charge in [0.05, 0.1) is 44.6 Å². The topological polar surface area (TPSA) is 313 Å². The average Bonchev–Trinajstić information content (AvgIpc) is 3.31. The van der Waals surface area contributed by atoms with E-state index in [4.69, 9.17) is 34.2 Å². The van der Waals surface area contributed by atoms with Gasteiger partial charge in [0.15, 0.2) is 18.9 Å². The molecule has 17 atom stereocenters. The second kappa shape index (κ2) is 26.8. The van der Waals surface area contributed by atoms with Crippen LogP contribution in [0.4, 0.5) is 0 Å². The summed E-state index contributed by atoms with van der Waals surface area (Å²) in [6.45, 7) is -0.337. The number of aliphatic hydroxyl groups excluding tert-OH is 10. The molecule has 7 aliphatic rings. The molecular weight excluding hydrogens is 877 g/mol. The van der Waals surface area contributed by atoms with E-state index >= 15 is 0 Å². The minimum atomic E-state index is -1.94. The van der Waals surface area contributed by atoms with Crippen LogP contribution in [0.1, 0.15) is 122 Å². The molecule has 3 saturated heterocycles. The summed E-state index contributed by atoms with van der Waals surface area (Å²) in [6, 6.07) is -2.11. The summed E-state index contributed by atoms with van der Waals surface area (Å²) in [4.78, 5) is 13.7. The van der Waals surface area contributed by atoms with Crippen LogP contribution in [0.2, 0.25) is 0 Å². The number of carbonyl (C=O) groups excluding carboxylic acids is 1. The highest BCUT2D eigenvalue weighted by molar-refractivity contribution is 5.76. The van der Waals surface area contributed by atoms with Crippen molar-refractivity contribution in [1.29, 1.82) is 0 Å². The van der Waals surface area contributed by atoms with E-state index in [1.807, 2.05) is 6.08 Å². The number of allylic oxidation sites excluding steroid dienone is 1. The van der Waals surface area contributed by atoms with Crippen molar-refractivity contribution in [3.8, 4) is 0 Å². The first-order valence-electron chi connectivity index (χ1n) is 25.5. The number of rotatable bonds is 27. The minimum absolute atomic E-state index is 0.198. The van der Waals surface area contributed by atoms with Gasteiger partial charge in [0.2, 0.25) is 5.91 Å². The number of unbranched alkanes of at least 4 members (excludes halogenated alkanes) is 11. The predicted molar refractivity (Wildman–Crippen MR) is 240 cm³/mol. The van der Waals surface area contributed by atoms with Gasteiger partial charge in [-0.2, -0.15) is 0 Å². The zero-order chi connectivity index (χ0) is 48.2. The summed E-state index contributed by atoms with van der Waals surface area (Å²) >= 11 is 0. The van der Waals surface area contributed by atoms with Gasteiger partial charge in [-0.1, -0.05) is 83.3 Å². The molecule has 1 amide bonds. The summed E-state index contributed by atoms with van der Waals surface area (Å²) in [7, 11) is 0. The molecule has 3 aliphatic heterocycles. The molecule has 0 unspecified atom stereocenters. The Balaban J connectivity index is 1.02. The quantitative estimate of drug-likeness (QED) is 0.0380. The molecule has 19 heteroatoms. The summed E-state index contributed by atoms with van der Waals surface area (Å²) < 4.78 is 34.5. The summed E-state index contributed by atoms with van der Waals surface area (Å²) in [5, 5.41) is 110. The van der Waals surface area contributed by atoms with Crippen molar-refractivity contribution in [2.24, 2.45) is 35.3 Å². The lowest BCUT2D eigenvalue weighted by Crippen LogP contribution is -2.67. The number of aliphatic hydroxyl groups is 10. The lowest BCUT2D eigenvalue weighted by Gasteiger charge is -2.54. The SMILES string of the molecule is CCCCCCCCCCCCC/C=C/[C@@H](O)[C@H](CO[C@@H]1O[C@H](CO)[C@@H](O[C@@H]2O[C@H](CO)[C@H](O[C@H]3O[C@H](CO)[C@H](N)[C@H](O)[C@H]3O)[C@H](O)[C@H]2O)[C@H](O)[C@H]1O)NC(=O)CC1C2CC3CC(C2)CC1C3. The fourth-order valence-electron chi connectivity index (χ4n) is 11.8. The number of hydrogen-bond donors (Lipinski definition) is 12. The van der Waals surface area contributed by atoms with Gasteiger partial charge in [-0.3, -0.25) is 4.79 Å². The van der Waals surface area contributed by atoms with Crippen LogP contribution in [0.15, 0.2) is 12.2 Å². The molecule has 3 heterocycles. The number of amides is 1. The number of hydrogen-bond acceptors (Lipinski definition) is 18. The highest BCUT2D eigenvalue weighted by atomic mass is 16.8. The van der Waals surface area contributed by atoms with Crippen molar-refractivity contribution in [3.63, 3.8) is 0 Å². The van der Waals surface area contributed by atoms with Crippen LogP contribution in [0.3, 0.4) is 0 Å². The van der Waals surface area contributed by atoms with Crippen LogP contribution in [0, 0.1) is 29.6 Å². The highest BCUT2D eigenvalue weighted by Gasteiger charge is 2.54. The zero-order valence-electron chi connectivity index (χ0n) is 39.3. The Hall–Kier alpha value is -1.47. The van der Waals surface area contributed by atoms with Gasteiger partial charge in [0.1, 0.15) is 67.1 Å². The van der Waals surface area contributed by atoms with Crippen LogP contribution in [0.25, 0.3) is 0 Å². The molecule has 0 aromatic carbocycles. The average molecular weight is 961 g/mol. The van der Waals surface area contributed by atoms with Crippen LogP contribution in [-0.4, -0.2) is 188 Å². The number of ether oxygens (including phenoxy) is 6. The van der Waals surface area contributed by atoms with Crippen molar-refractivity contribution in [1.82, 2.24) is 5.32 Å². The molecule has 7 rings (SSSR count). The molecule has 67 heavy (non-hydrogen) atoms. The first kappa shape index (κ1) is 54.9. The second-order valence-electron chi connectivity index (χ2n) is 20.4. The molecule has 13 N–H and O–H groups in total. The van der Waals surface area contributed by atoms with Gasteiger partial charge >= 0.3 is 0 Å². The van der Waals surface area contributed by atoms with E-state index in [9.17, 15) is 55.9 Å². The lowest BCUT2D eigenvalue weighted by molar-refractivity contribution is -0.376. The highest BCUT2D eigenvalue weighted by Crippen LogP contribution is 2.57. The van der Waals surface area contributed by atoms with E-state index in [0.717, 1.165) is 63.2 Å². The van der Waals surface area contributed by atoms with E-state index in [1.54, 1.807) is 6.08 Å². The third-order valence-electron chi connectivity index (χ3n) is 15.5. The van der Waals surface area contributed by atoms with Gasteiger partial charge in [0, 0.05) is 6.42 Å². The lowest BCUT2D eigenvalue weighted by atomic mass is 9.51. The van der Waals surface area contributed by atoms with Gasteiger partial charge in [-0.25, -0.2) is 0 Å². The zero-order valence-corrected chi connectivity index (χ0v) is 39.3. The van der Waals surface area contributed by atoms with Gasteiger partial charge in [0.25, 0.3) is 0 Å². The Morgan fingerprint density at radius 1 is 0.642 bits per heavy atom. The van der Waals surface area contributed by atoms with E-state index in [-0.39, 0.29) is 18.4 Å². The van der Waals surface area contributed by atoms with Crippen molar-refractivity contribution < 1.29 is 84.3 Å². The number of nitrogens with one attached hydrogen (secondary N) is 1. The molecule has 388 valence electrons. The molecule has 0 spiro atoms. The summed E-state index contributed by atoms with van der Waals surface area (Å²) in [5.41, 5.74) is 5.81. The Morgan fingerprint density at radius 3 is 1.63 bits per heavy atom. The standard InChI is InChI=1S/C48H84N2O17/c1-2-3-4-5-6-7-8-9-10-11-12-13-14-15-32(54)31(50-36(55)21-30-28-17-26-16-27(19-28)20-29(30)18-26)25-62-46-42(60)39(57)44(34(23-52)64-46)67-48-43(61)40(58)45(35(24-53)65-48)66-47-41(59)38(56)37(49)33(22-51)63-47/h14-15,26-35,37-48,51-54,56-61H,2-13,16-25,49H2,1H3,(H,50,55)/b15-14+/t26?,27?,28?,29?,30?,31-,32+,33+,34+,35+,37-,38-,39+,40+,41+,42+,43+,44+,45-,46+,47+,48-/m0/s1. The Labute approximate surface area is 395 Å². The second-order valence-corrected chi connectivity index (χ2v) is 20.4. The molecule has 0 aromatic rings. The predicted octanol–water partition coefficient (Wildman–Crippen LogP) is -0.0169. The maximum absolute atomic E-state index is 13.7. The first-order chi connectivity index (χ1) is 32.3. The normalized spacial score (nSPS) is 41.7. The van der Waals surface area contributed by atoms with Crippen LogP contribution in [-0.2, 0) is 33.2 Å². The summed E-state index contributed by atoms with van der Waals surface area (Å²) in [6.07, 6.45) is -0.114. The fraction of sp³-hybridized carbons (Fsp3) is 0.938. The Kier molecular flexibility index (Phi) is 22.0. The van der Waals surface area contributed by atoms with E-state index in [0.29, 0.717) is 18.3 Å². The maximum atomic E-state index is 13.7. The van der Waals surface area contributed by atoms with Crippen molar-refractivity contribution in [3.05, 3.63) is 12.2 Å². The summed E-state index contributed by atoms with van der Waals surface area (Å²) in [5.74, 6) is 2.66. The maximum Gasteiger partial charge on any atom is 0.220 e. The number of carbonyl (C=O) groups is 1. The van der Waals surface area contributed by atoms with E-state index < -0.39 is 124 Å². The van der Waals surface area contributed by atoms with Crippen LogP contribution in [0.5, 0.6) is 0 Å². The molecule has 0 radical (unpaired) electrons. The molecule has 4 bridgehead atoms. The Bertz CT molecular complexity index is 1450. The fourth-order valence-corrected chi connectivity index (χ4v) is 11.8. The van der Waals surface area contributed by atoms with E-state index in [1.165, 1.54) is 57.8 Å². The minimum Gasteiger partial charge on any atom is -0.394 e. The van der Waals surface area contributed by atoms with Gasteiger partial charge < -0.3 is 90.5 Å². The third kappa shape index (κ3) is 14.4. The Morgan fingerprint density at radius 2 is 1.10 bits per heavy atom. The smallest absolute Gasteiger partial charge is 0.220 e. The molecule has 4 aliphatic carbocycles. The van der Waals surface area contributed by atoms with Gasteiger partial charge in [-0.15, -0.1) is 0 Å². The molecule has 0 aromatic heterocycles. The third-order valence-corrected chi connectivity index (χ3v) is 15.5. The molecular formula is C48H84N2O17. The first-order valence-corrected chi connectivity index (χ1v) is 25.5. The van der Waals surface area contributed by atoms with Crippen molar-refractivity contribution in [2.75, 3.05) is 26.4 Å². The molecule has 19 nitrogen and oxygen atoms in total. The van der Waals surface area contributed by atoms with Crippen LogP contribution < -0.4 is 11.1 Å². The van der Waals surface area contributed by atoms with E-state index in [2.05, 4.69) is 12.2 Å².